The normalized spacial score (nSPS) is 11.2. The number of nitro groups is 1. The molecule has 168 valence electrons. The molecule has 13 heteroatoms. The minimum absolute atomic E-state index is 0.0275. The summed E-state index contributed by atoms with van der Waals surface area (Å²) in [6.07, 6.45) is -4.78. The Labute approximate surface area is 187 Å². The Morgan fingerprint density at radius 1 is 1.16 bits per heavy atom. The molecular weight excluding hydrogens is 501 g/mol. The van der Waals surface area contributed by atoms with Crippen LogP contribution in [0, 0.1) is 10.1 Å². The van der Waals surface area contributed by atoms with Gasteiger partial charge in [-0.3, -0.25) is 19.6 Å². The number of halogens is 4. The molecule has 1 amide bonds. The van der Waals surface area contributed by atoms with E-state index in [4.69, 9.17) is 9.47 Å². The van der Waals surface area contributed by atoms with Gasteiger partial charge in [-0.1, -0.05) is 0 Å². The Hall–Kier alpha value is -3.61. The van der Waals surface area contributed by atoms with Gasteiger partial charge in [0.15, 0.2) is 5.69 Å². The van der Waals surface area contributed by atoms with E-state index in [2.05, 4.69) is 26.3 Å². The standard InChI is InChI=1S/C19H14BrF3N4O5/c1-26-16(15(20)17(25-26)19(21,22)23)18(28)24-10-7-11(27(29)30)9-14(8-10)32-13-5-3-12(31-2)4-6-13/h3-9H,1-2H3,(H,24,28). The predicted molar refractivity (Wildman–Crippen MR) is 110 cm³/mol. The summed E-state index contributed by atoms with van der Waals surface area (Å²) in [4.78, 5) is 23.2. The van der Waals surface area contributed by atoms with E-state index in [0.717, 1.165) is 16.8 Å². The van der Waals surface area contributed by atoms with Crippen molar-refractivity contribution < 1.29 is 32.4 Å². The second-order valence-corrected chi connectivity index (χ2v) is 7.13. The number of carbonyl (C=O) groups is 1. The number of anilines is 1. The van der Waals surface area contributed by atoms with Gasteiger partial charge in [-0.2, -0.15) is 18.3 Å². The zero-order valence-corrected chi connectivity index (χ0v) is 18.0. The fraction of sp³-hybridized carbons (Fsp3) is 0.158. The van der Waals surface area contributed by atoms with Crippen LogP contribution in [0.15, 0.2) is 46.9 Å². The Morgan fingerprint density at radius 2 is 1.78 bits per heavy atom. The van der Waals surface area contributed by atoms with Crippen LogP contribution >= 0.6 is 15.9 Å². The van der Waals surface area contributed by atoms with E-state index in [1.54, 1.807) is 24.3 Å². The molecule has 32 heavy (non-hydrogen) atoms. The fourth-order valence-electron chi connectivity index (χ4n) is 2.72. The molecule has 9 nitrogen and oxygen atoms in total. The maximum atomic E-state index is 13.0. The molecule has 0 atom stereocenters. The number of methoxy groups -OCH3 is 1. The maximum absolute atomic E-state index is 13.0. The third-order valence-corrected chi connectivity index (χ3v) is 4.88. The first-order chi connectivity index (χ1) is 15.0. The van der Waals surface area contributed by atoms with Gasteiger partial charge < -0.3 is 14.8 Å². The van der Waals surface area contributed by atoms with E-state index in [9.17, 15) is 28.1 Å². The molecule has 1 N–H and O–H groups in total. The molecule has 0 unspecified atom stereocenters. The first-order valence-corrected chi connectivity index (χ1v) is 9.51. The SMILES string of the molecule is COc1ccc(Oc2cc(NC(=O)c3c(Br)c(C(F)(F)F)nn3C)cc([N+](=O)[O-])c2)cc1. The Bertz CT molecular complexity index is 1180. The zero-order valence-electron chi connectivity index (χ0n) is 16.4. The molecule has 0 aliphatic rings. The average Bonchev–Trinajstić information content (AvgIpc) is 3.02. The number of rotatable bonds is 6. The Balaban J connectivity index is 1.91. The molecule has 0 saturated heterocycles. The van der Waals surface area contributed by atoms with Crippen LogP contribution in [0.2, 0.25) is 0 Å². The van der Waals surface area contributed by atoms with Crippen molar-refractivity contribution in [1.82, 2.24) is 9.78 Å². The molecule has 1 heterocycles. The number of aryl methyl sites for hydroxylation is 1. The second kappa shape index (κ2) is 8.86. The molecule has 3 aromatic rings. The van der Waals surface area contributed by atoms with E-state index in [1.807, 2.05) is 0 Å². The van der Waals surface area contributed by atoms with Gasteiger partial charge in [-0.15, -0.1) is 0 Å². The molecule has 0 spiro atoms. The number of carbonyl (C=O) groups excluding carboxylic acids is 1. The molecule has 1 aromatic heterocycles. The molecule has 0 radical (unpaired) electrons. The summed E-state index contributed by atoms with van der Waals surface area (Å²) < 4.78 is 50.0. The average molecular weight is 515 g/mol. The lowest BCUT2D eigenvalue weighted by Crippen LogP contribution is -2.16. The van der Waals surface area contributed by atoms with Crippen molar-refractivity contribution in [3.8, 4) is 17.2 Å². The monoisotopic (exact) mass is 514 g/mol. The van der Waals surface area contributed by atoms with Crippen LogP contribution in [-0.4, -0.2) is 27.7 Å². The highest BCUT2D eigenvalue weighted by Gasteiger charge is 2.39. The number of alkyl halides is 3. The van der Waals surface area contributed by atoms with Crippen molar-refractivity contribution in [1.29, 1.82) is 0 Å². The van der Waals surface area contributed by atoms with Crippen LogP contribution < -0.4 is 14.8 Å². The van der Waals surface area contributed by atoms with Crippen LogP contribution in [0.1, 0.15) is 16.2 Å². The Kier molecular flexibility index (Phi) is 6.39. The lowest BCUT2D eigenvalue weighted by Gasteiger charge is -2.10. The number of nitro benzene ring substituents is 1. The largest absolute Gasteiger partial charge is 0.497 e. The van der Waals surface area contributed by atoms with E-state index < -0.39 is 38.6 Å². The van der Waals surface area contributed by atoms with Gasteiger partial charge >= 0.3 is 6.18 Å². The minimum atomic E-state index is -4.78. The summed E-state index contributed by atoms with van der Waals surface area (Å²) in [5.41, 5.74) is -2.14. The van der Waals surface area contributed by atoms with Crippen molar-refractivity contribution >= 4 is 33.2 Å². The van der Waals surface area contributed by atoms with Crippen molar-refractivity contribution in [2.75, 3.05) is 12.4 Å². The summed E-state index contributed by atoms with van der Waals surface area (Å²) in [6.45, 7) is 0. The molecule has 3 rings (SSSR count). The number of ether oxygens (including phenoxy) is 2. The molecule has 0 fully saturated rings. The molecule has 0 bridgehead atoms. The van der Waals surface area contributed by atoms with E-state index in [0.29, 0.717) is 11.5 Å². The number of non-ortho nitro benzene ring substituents is 1. The number of amides is 1. The van der Waals surface area contributed by atoms with Gasteiger partial charge in [-0.05, 0) is 40.2 Å². The summed E-state index contributed by atoms with van der Waals surface area (Å²) in [5.74, 6) is -0.0184. The van der Waals surface area contributed by atoms with Crippen LogP contribution in [0.5, 0.6) is 17.2 Å². The number of nitrogens with one attached hydrogen (secondary N) is 1. The van der Waals surface area contributed by atoms with Crippen LogP contribution in [-0.2, 0) is 13.2 Å². The van der Waals surface area contributed by atoms with Gasteiger partial charge in [0, 0.05) is 19.2 Å². The van der Waals surface area contributed by atoms with Gasteiger partial charge in [0.1, 0.15) is 22.9 Å². The first-order valence-electron chi connectivity index (χ1n) is 8.72. The second-order valence-electron chi connectivity index (χ2n) is 6.34. The molecule has 0 aliphatic carbocycles. The van der Waals surface area contributed by atoms with Gasteiger partial charge in [0.2, 0.25) is 0 Å². The van der Waals surface area contributed by atoms with E-state index in [1.165, 1.54) is 20.2 Å². The highest BCUT2D eigenvalue weighted by atomic mass is 79.9. The molecule has 2 aromatic carbocycles. The highest BCUT2D eigenvalue weighted by Crippen LogP contribution is 2.36. The minimum Gasteiger partial charge on any atom is -0.497 e. The summed E-state index contributed by atoms with van der Waals surface area (Å²) in [5, 5.41) is 17.0. The third-order valence-electron chi connectivity index (χ3n) is 4.13. The maximum Gasteiger partial charge on any atom is 0.436 e. The fourth-order valence-corrected chi connectivity index (χ4v) is 3.46. The molecule has 0 saturated carbocycles. The summed E-state index contributed by atoms with van der Waals surface area (Å²) in [7, 11) is 2.66. The van der Waals surface area contributed by atoms with Gasteiger partial charge in [-0.25, -0.2) is 0 Å². The third kappa shape index (κ3) is 4.99. The first kappa shape index (κ1) is 23.1. The lowest BCUT2D eigenvalue weighted by molar-refractivity contribution is -0.384. The number of aromatic nitrogens is 2. The predicted octanol–water partition coefficient (Wildman–Crippen LogP) is 5.16. The number of hydrogen-bond donors (Lipinski definition) is 1. The van der Waals surface area contributed by atoms with Crippen LogP contribution in [0.25, 0.3) is 0 Å². The molecule has 0 aliphatic heterocycles. The van der Waals surface area contributed by atoms with E-state index in [-0.39, 0.29) is 11.4 Å². The number of nitrogens with zero attached hydrogens (tertiary/aromatic N) is 3. The van der Waals surface area contributed by atoms with Crippen molar-refractivity contribution in [2.45, 2.75) is 6.18 Å². The van der Waals surface area contributed by atoms with Crippen LogP contribution in [0.4, 0.5) is 24.5 Å². The topological polar surface area (TPSA) is 109 Å². The quantitative estimate of drug-likeness (QED) is 0.359. The lowest BCUT2D eigenvalue weighted by atomic mass is 10.2. The van der Waals surface area contributed by atoms with E-state index >= 15 is 0 Å². The zero-order chi connectivity index (χ0) is 23.6. The van der Waals surface area contributed by atoms with Crippen molar-refractivity contribution in [3.63, 3.8) is 0 Å². The van der Waals surface area contributed by atoms with Gasteiger partial charge in [0.25, 0.3) is 11.6 Å². The molecular formula is C19H14BrF3N4O5. The van der Waals surface area contributed by atoms with Crippen molar-refractivity contribution in [2.24, 2.45) is 7.05 Å². The highest BCUT2D eigenvalue weighted by molar-refractivity contribution is 9.10. The van der Waals surface area contributed by atoms with Crippen LogP contribution in [0.3, 0.4) is 0 Å². The number of benzene rings is 2. The van der Waals surface area contributed by atoms with Gasteiger partial charge in [0.05, 0.1) is 28.3 Å². The summed E-state index contributed by atoms with van der Waals surface area (Å²) >= 11 is 2.75. The Morgan fingerprint density at radius 3 is 2.31 bits per heavy atom. The van der Waals surface area contributed by atoms with Crippen molar-refractivity contribution in [3.05, 3.63) is 68.4 Å². The summed E-state index contributed by atoms with van der Waals surface area (Å²) in [6, 6.07) is 9.86. The smallest absolute Gasteiger partial charge is 0.436 e. The number of hydrogen-bond acceptors (Lipinski definition) is 6.